The molecule has 0 aliphatic carbocycles. The zero-order chi connectivity index (χ0) is 6.97. The minimum atomic E-state index is 0.763. The molecule has 1 aromatic heterocycles. The van der Waals surface area contributed by atoms with E-state index in [1.165, 1.54) is 0 Å². The Bertz CT molecular complexity index is 347. The molecule has 1 aliphatic rings. The minimum absolute atomic E-state index is 0.763. The predicted molar refractivity (Wildman–Crippen MR) is 40.1 cm³/mol. The number of hydrogen-bond donors (Lipinski definition) is 3. The van der Waals surface area contributed by atoms with Gasteiger partial charge in [-0.15, -0.1) is 0 Å². The molecule has 0 unspecified atom stereocenters. The molecule has 0 aromatic carbocycles. The molecule has 0 fully saturated rings. The van der Waals surface area contributed by atoms with Gasteiger partial charge in [-0.3, -0.25) is 0 Å². The van der Waals surface area contributed by atoms with E-state index in [-0.39, 0.29) is 0 Å². The smallest absolute Gasteiger partial charge is 0.106 e. The van der Waals surface area contributed by atoms with E-state index in [2.05, 4.69) is 16.4 Å². The van der Waals surface area contributed by atoms with Crippen molar-refractivity contribution in [2.75, 3.05) is 6.54 Å². The average molecular weight is 135 g/mol. The maximum atomic E-state index is 5.66. The topological polar surface area (TPSA) is 53.8 Å². The maximum absolute atomic E-state index is 5.66. The number of aromatic nitrogens is 1. The monoisotopic (exact) mass is 135 g/mol. The van der Waals surface area contributed by atoms with Gasteiger partial charge in [-0.1, -0.05) is 0 Å². The molecule has 1 aliphatic heterocycles. The Morgan fingerprint density at radius 2 is 2.40 bits per heavy atom. The highest BCUT2D eigenvalue weighted by Crippen LogP contribution is 1.77. The van der Waals surface area contributed by atoms with Gasteiger partial charge in [0.25, 0.3) is 0 Å². The Morgan fingerprint density at radius 1 is 1.50 bits per heavy atom. The fourth-order valence-corrected chi connectivity index (χ4v) is 1.14. The van der Waals surface area contributed by atoms with Crippen molar-refractivity contribution in [1.82, 2.24) is 10.3 Å². The normalized spacial score (nSPS) is 15.4. The molecule has 3 heteroatoms. The summed E-state index contributed by atoms with van der Waals surface area (Å²) < 4.78 is 0. The van der Waals surface area contributed by atoms with Gasteiger partial charge in [0.05, 0.1) is 0 Å². The van der Waals surface area contributed by atoms with E-state index in [1.807, 2.05) is 12.3 Å². The van der Waals surface area contributed by atoms with Gasteiger partial charge < -0.3 is 16.0 Å². The van der Waals surface area contributed by atoms with E-state index in [0.29, 0.717) is 0 Å². The lowest BCUT2D eigenvalue weighted by Gasteiger charge is -2.05. The van der Waals surface area contributed by atoms with Crippen LogP contribution in [-0.4, -0.2) is 11.5 Å². The predicted octanol–water partition coefficient (Wildman–Crippen LogP) is -1.58. The van der Waals surface area contributed by atoms with Gasteiger partial charge in [0.2, 0.25) is 0 Å². The summed E-state index contributed by atoms with van der Waals surface area (Å²) in [6.45, 7) is 0.819. The molecule has 0 bridgehead atoms. The van der Waals surface area contributed by atoms with Crippen molar-refractivity contribution < 1.29 is 0 Å². The van der Waals surface area contributed by atoms with Crippen LogP contribution >= 0.6 is 0 Å². The van der Waals surface area contributed by atoms with Gasteiger partial charge in [0.1, 0.15) is 5.82 Å². The molecule has 0 spiro atoms. The molecular formula is C7H9N3. The molecule has 52 valence electrons. The lowest BCUT2D eigenvalue weighted by Crippen LogP contribution is -2.39. The van der Waals surface area contributed by atoms with E-state index < -0.39 is 0 Å². The summed E-state index contributed by atoms with van der Waals surface area (Å²) in [7, 11) is 0. The van der Waals surface area contributed by atoms with Gasteiger partial charge in [-0.25, -0.2) is 0 Å². The second-order valence-corrected chi connectivity index (χ2v) is 2.30. The van der Waals surface area contributed by atoms with Gasteiger partial charge in [-0.05, 0) is 12.1 Å². The summed E-state index contributed by atoms with van der Waals surface area (Å²) in [5, 5.41) is 5.24. The second kappa shape index (κ2) is 1.80. The first-order chi connectivity index (χ1) is 4.88. The first-order valence-electron chi connectivity index (χ1n) is 3.25. The van der Waals surface area contributed by atoms with Gasteiger partial charge in [0, 0.05) is 23.3 Å². The SMILES string of the molecule is NC1=c2cc[nH]c2=CCN1. The highest BCUT2D eigenvalue weighted by molar-refractivity contribution is 5.45. The maximum Gasteiger partial charge on any atom is 0.106 e. The Balaban J connectivity index is 2.91. The summed E-state index contributed by atoms with van der Waals surface area (Å²) >= 11 is 0. The van der Waals surface area contributed by atoms with Gasteiger partial charge in [-0.2, -0.15) is 0 Å². The zero-order valence-electron chi connectivity index (χ0n) is 5.52. The molecule has 2 heterocycles. The minimum Gasteiger partial charge on any atom is -0.385 e. The lowest BCUT2D eigenvalue weighted by molar-refractivity contribution is 0.979. The van der Waals surface area contributed by atoms with Crippen molar-refractivity contribution in [3.8, 4) is 0 Å². The number of nitrogens with two attached hydrogens (primary N) is 1. The molecule has 0 amide bonds. The van der Waals surface area contributed by atoms with Gasteiger partial charge in [0.15, 0.2) is 0 Å². The third kappa shape index (κ3) is 0.603. The Kier molecular flexibility index (Phi) is 0.974. The summed E-state index contributed by atoms with van der Waals surface area (Å²) in [6.07, 6.45) is 3.96. The molecule has 10 heavy (non-hydrogen) atoms. The van der Waals surface area contributed by atoms with E-state index in [0.717, 1.165) is 22.9 Å². The Labute approximate surface area is 58.2 Å². The Morgan fingerprint density at radius 3 is 3.20 bits per heavy atom. The van der Waals surface area contributed by atoms with Crippen LogP contribution in [0.2, 0.25) is 0 Å². The van der Waals surface area contributed by atoms with Crippen molar-refractivity contribution in [2.24, 2.45) is 5.73 Å². The van der Waals surface area contributed by atoms with Crippen LogP contribution in [0.3, 0.4) is 0 Å². The summed E-state index contributed by atoms with van der Waals surface area (Å²) in [4.78, 5) is 3.09. The average Bonchev–Trinajstić information content (AvgIpc) is 2.36. The van der Waals surface area contributed by atoms with Crippen LogP contribution in [0.4, 0.5) is 0 Å². The molecule has 0 saturated heterocycles. The molecule has 4 N–H and O–H groups in total. The van der Waals surface area contributed by atoms with Crippen LogP contribution in [0.1, 0.15) is 0 Å². The van der Waals surface area contributed by atoms with Crippen molar-refractivity contribution >= 4 is 11.9 Å². The van der Waals surface area contributed by atoms with Crippen molar-refractivity contribution in [3.63, 3.8) is 0 Å². The molecule has 1 aromatic rings. The fourth-order valence-electron chi connectivity index (χ4n) is 1.14. The summed E-state index contributed by atoms with van der Waals surface area (Å²) in [5.41, 5.74) is 5.66. The summed E-state index contributed by atoms with van der Waals surface area (Å²) in [5.74, 6) is 0.763. The van der Waals surface area contributed by atoms with E-state index in [4.69, 9.17) is 5.73 Å². The Hall–Kier alpha value is -1.38. The standard InChI is InChI=1S/C7H9N3/c8-7-5-1-3-9-6(5)2-4-10-7/h1-3,9-10H,4,8H2. The number of aromatic amines is 1. The van der Waals surface area contributed by atoms with Crippen molar-refractivity contribution in [3.05, 3.63) is 22.8 Å². The lowest BCUT2D eigenvalue weighted by atomic mass is 10.3. The molecule has 0 atom stereocenters. The molecule has 2 rings (SSSR count). The molecule has 3 nitrogen and oxygen atoms in total. The van der Waals surface area contributed by atoms with Gasteiger partial charge >= 0.3 is 0 Å². The van der Waals surface area contributed by atoms with Crippen LogP contribution in [0.15, 0.2) is 12.3 Å². The molecule has 0 radical (unpaired) electrons. The van der Waals surface area contributed by atoms with Crippen LogP contribution in [0, 0.1) is 0 Å². The number of H-pyrrole nitrogens is 1. The summed E-state index contributed by atoms with van der Waals surface area (Å²) in [6, 6.07) is 1.97. The largest absolute Gasteiger partial charge is 0.385 e. The molecule has 0 saturated carbocycles. The number of nitrogens with one attached hydrogen (secondary N) is 2. The van der Waals surface area contributed by atoms with E-state index >= 15 is 0 Å². The van der Waals surface area contributed by atoms with Crippen LogP contribution in [0.5, 0.6) is 0 Å². The highest BCUT2D eigenvalue weighted by Gasteiger charge is 1.97. The third-order valence-electron chi connectivity index (χ3n) is 1.67. The quantitative estimate of drug-likeness (QED) is 0.402. The third-order valence-corrected chi connectivity index (χ3v) is 1.67. The van der Waals surface area contributed by atoms with Crippen LogP contribution in [0.25, 0.3) is 11.9 Å². The van der Waals surface area contributed by atoms with Crippen molar-refractivity contribution in [2.45, 2.75) is 0 Å². The first-order valence-corrected chi connectivity index (χ1v) is 3.25. The molecular weight excluding hydrogens is 126 g/mol. The zero-order valence-corrected chi connectivity index (χ0v) is 5.52. The van der Waals surface area contributed by atoms with Crippen LogP contribution in [-0.2, 0) is 0 Å². The fraction of sp³-hybridized carbons (Fsp3) is 0.143. The number of fused-ring (bicyclic) bond motifs is 1. The second-order valence-electron chi connectivity index (χ2n) is 2.30. The van der Waals surface area contributed by atoms with E-state index in [9.17, 15) is 0 Å². The van der Waals surface area contributed by atoms with E-state index in [1.54, 1.807) is 0 Å². The highest BCUT2D eigenvalue weighted by atomic mass is 15.0. The van der Waals surface area contributed by atoms with Crippen molar-refractivity contribution in [1.29, 1.82) is 0 Å². The number of hydrogen-bond acceptors (Lipinski definition) is 2. The number of rotatable bonds is 0. The van der Waals surface area contributed by atoms with Crippen LogP contribution < -0.4 is 21.6 Å². The first kappa shape index (κ1) is 5.41.